The van der Waals surface area contributed by atoms with Gasteiger partial charge >= 0.3 is 13.1 Å². The molecule has 6 N–H and O–H groups in total. The van der Waals surface area contributed by atoms with E-state index >= 15 is 0 Å². The third-order valence-electron chi connectivity index (χ3n) is 3.53. The average molecular weight is 377 g/mol. The molecule has 0 amide bonds. The number of rotatable bonds is 11. The molecule has 0 fully saturated rings. The molecule has 140 valence electrons. The maximum absolute atomic E-state index is 11.4. The van der Waals surface area contributed by atoms with Crippen LogP contribution in [0.25, 0.3) is 0 Å². The van der Waals surface area contributed by atoms with E-state index in [1.54, 1.807) is 0 Å². The number of hydroxylamine groups is 2. The minimum absolute atomic E-state index is 0. The third-order valence-corrected chi connectivity index (χ3v) is 3.53. The summed E-state index contributed by atoms with van der Waals surface area (Å²) in [4.78, 5) is 11.4. The second-order valence-corrected chi connectivity index (χ2v) is 6.26. The van der Waals surface area contributed by atoms with Crippen molar-refractivity contribution in [3.63, 3.8) is 0 Å². The first-order chi connectivity index (χ1) is 9.58. The number of nitrogens with two attached hydrogens (primary N) is 1. The summed E-state index contributed by atoms with van der Waals surface area (Å²) in [6, 6.07) is -0.175. The van der Waals surface area contributed by atoms with Crippen molar-refractivity contribution in [2.24, 2.45) is 11.7 Å². The van der Waals surface area contributed by atoms with Crippen LogP contribution >= 0.6 is 24.8 Å². The monoisotopic (exact) mass is 376 g/mol. The molecule has 0 spiro atoms. The summed E-state index contributed by atoms with van der Waals surface area (Å²) >= 11 is 0. The van der Waals surface area contributed by atoms with Gasteiger partial charge in [0.05, 0.1) is 6.54 Å². The van der Waals surface area contributed by atoms with Gasteiger partial charge < -0.3 is 26.1 Å². The van der Waals surface area contributed by atoms with Crippen LogP contribution < -0.4 is 5.73 Å². The Hall–Kier alpha value is -0.0851. The van der Waals surface area contributed by atoms with Crippen molar-refractivity contribution in [3.05, 3.63) is 0 Å². The predicted molar refractivity (Wildman–Crippen MR) is 95.3 cm³/mol. The second-order valence-electron chi connectivity index (χ2n) is 6.26. The molecule has 0 aliphatic heterocycles. The van der Waals surface area contributed by atoms with Crippen LogP contribution in [-0.4, -0.2) is 56.6 Å². The molecular weight excluding hydrogens is 346 g/mol. The van der Waals surface area contributed by atoms with Crippen LogP contribution in [0.5, 0.6) is 0 Å². The van der Waals surface area contributed by atoms with Gasteiger partial charge in [-0.15, -0.1) is 24.8 Å². The molecule has 0 aromatic rings. The molecule has 0 aromatic heterocycles. The maximum Gasteiger partial charge on any atom is 0.451 e. The lowest BCUT2D eigenvalue weighted by atomic mass is 9.82. The Bertz CT molecular complexity index is 327. The highest BCUT2D eigenvalue weighted by atomic mass is 35.5. The summed E-state index contributed by atoms with van der Waals surface area (Å²) in [5.41, 5.74) is 4.36. The van der Waals surface area contributed by atoms with Crippen LogP contribution in [-0.2, 0) is 4.79 Å². The third kappa shape index (κ3) is 12.0. The van der Waals surface area contributed by atoms with Gasteiger partial charge in [0.1, 0.15) is 5.54 Å². The van der Waals surface area contributed by atoms with Crippen LogP contribution in [0.1, 0.15) is 46.5 Å². The van der Waals surface area contributed by atoms with Crippen LogP contribution in [0.4, 0.5) is 0 Å². The summed E-state index contributed by atoms with van der Waals surface area (Å²) < 4.78 is 0. The zero-order valence-electron chi connectivity index (χ0n) is 14.0. The predicted octanol–water partition coefficient (Wildman–Crippen LogP) is 1.38. The Morgan fingerprint density at radius 3 is 2.13 bits per heavy atom. The highest BCUT2D eigenvalue weighted by Crippen LogP contribution is 2.18. The average Bonchev–Trinajstić information content (AvgIpc) is 2.33. The number of nitrogens with zero attached hydrogens (tertiary/aromatic N) is 1. The molecule has 2 atom stereocenters. The van der Waals surface area contributed by atoms with Gasteiger partial charge in [0.25, 0.3) is 0 Å². The van der Waals surface area contributed by atoms with Gasteiger partial charge in [-0.3, -0.25) is 4.79 Å². The van der Waals surface area contributed by atoms with Crippen molar-refractivity contribution in [2.45, 2.75) is 64.4 Å². The number of carbonyl (C=O) groups is 1. The van der Waals surface area contributed by atoms with E-state index in [9.17, 15) is 15.1 Å². The van der Waals surface area contributed by atoms with E-state index in [1.165, 1.54) is 0 Å². The van der Waals surface area contributed by atoms with E-state index in [4.69, 9.17) is 15.8 Å². The van der Waals surface area contributed by atoms with Crippen LogP contribution in [0.15, 0.2) is 0 Å². The molecule has 0 heterocycles. The molecule has 10 heteroatoms. The zero-order chi connectivity index (χ0) is 16.6. The molecule has 1 unspecified atom stereocenters. The van der Waals surface area contributed by atoms with Crippen LogP contribution in [0.3, 0.4) is 0 Å². The molecule has 23 heavy (non-hydrogen) atoms. The van der Waals surface area contributed by atoms with Gasteiger partial charge in [-0.2, -0.15) is 5.06 Å². The van der Waals surface area contributed by atoms with Crippen molar-refractivity contribution < 1.29 is 25.2 Å². The first-order valence-corrected chi connectivity index (χ1v) is 7.42. The smallest absolute Gasteiger partial charge is 0.451 e. The van der Waals surface area contributed by atoms with Gasteiger partial charge in [0.15, 0.2) is 0 Å². The Kier molecular flexibility index (Phi) is 16.0. The zero-order valence-corrected chi connectivity index (χ0v) is 15.6. The van der Waals surface area contributed by atoms with Crippen LogP contribution in [0, 0.1) is 5.92 Å². The molecule has 0 aliphatic rings. The molecule has 0 aliphatic carbocycles. The largest absolute Gasteiger partial charge is 0.480 e. The Labute approximate surface area is 151 Å². The Morgan fingerprint density at radius 2 is 1.74 bits per heavy atom. The lowest BCUT2D eigenvalue weighted by Gasteiger charge is -2.32. The van der Waals surface area contributed by atoms with Crippen molar-refractivity contribution in [3.8, 4) is 0 Å². The first kappa shape index (κ1) is 27.7. The topological polar surface area (TPSA) is 127 Å². The molecule has 0 aromatic carbocycles. The lowest BCUT2D eigenvalue weighted by Crippen LogP contribution is -2.57. The number of carboxylic acid groups (broad SMARTS) is 1. The van der Waals surface area contributed by atoms with E-state index in [0.29, 0.717) is 18.8 Å². The fourth-order valence-corrected chi connectivity index (χ4v) is 2.27. The molecule has 0 radical (unpaired) electrons. The lowest BCUT2D eigenvalue weighted by molar-refractivity contribution is -0.162. The normalized spacial score (nSPS) is 14.7. The molecule has 0 saturated carbocycles. The van der Waals surface area contributed by atoms with E-state index in [1.807, 2.05) is 20.8 Å². The highest BCUT2D eigenvalue weighted by molar-refractivity contribution is 6.40. The molecule has 0 saturated heterocycles. The van der Waals surface area contributed by atoms with E-state index in [0.717, 1.165) is 11.5 Å². The van der Waals surface area contributed by atoms with E-state index < -0.39 is 18.6 Å². The summed E-state index contributed by atoms with van der Waals surface area (Å²) in [6.07, 6.45) is 2.01. The summed E-state index contributed by atoms with van der Waals surface area (Å²) in [5, 5.41) is 37.8. The maximum atomic E-state index is 11.4. The molecular formula is C13H31BCl2N2O5. The minimum atomic E-state index is -1.54. The van der Waals surface area contributed by atoms with E-state index in [-0.39, 0.29) is 50.1 Å². The van der Waals surface area contributed by atoms with Crippen molar-refractivity contribution in [2.75, 3.05) is 6.54 Å². The van der Waals surface area contributed by atoms with E-state index in [2.05, 4.69) is 0 Å². The molecule has 0 rings (SSSR count). The Morgan fingerprint density at radius 1 is 1.22 bits per heavy atom. The van der Waals surface area contributed by atoms with Crippen molar-refractivity contribution >= 4 is 37.9 Å². The minimum Gasteiger partial charge on any atom is -0.480 e. The number of halogens is 2. The standard InChI is InChI=1S/C13H29BN2O5.2ClH/c1-10(2)8-11(3)16(21)9-13(15,12(17)18)6-4-5-7-14(19)20;;/h10-11,19-21H,4-9,15H2,1-3H3,(H,17,18);2*1H/t11-,13?;;/m0../s1. The van der Waals surface area contributed by atoms with Gasteiger partial charge in [-0.25, -0.2) is 0 Å². The fourth-order valence-electron chi connectivity index (χ4n) is 2.27. The number of carboxylic acids is 1. The summed E-state index contributed by atoms with van der Waals surface area (Å²) in [7, 11) is -1.39. The fraction of sp³-hybridized carbons (Fsp3) is 0.923. The highest BCUT2D eigenvalue weighted by Gasteiger charge is 2.36. The van der Waals surface area contributed by atoms with Crippen molar-refractivity contribution in [1.82, 2.24) is 5.06 Å². The number of aliphatic carboxylic acids is 1. The molecule has 0 bridgehead atoms. The first-order valence-electron chi connectivity index (χ1n) is 7.42. The summed E-state index contributed by atoms with van der Waals surface area (Å²) in [5.74, 6) is -0.777. The SMILES string of the molecule is CC(C)C[C@H](C)N(O)CC(N)(CCCCB(O)O)C(=O)O.Cl.Cl. The van der Waals surface area contributed by atoms with Gasteiger partial charge in [0, 0.05) is 6.04 Å². The molecule has 7 nitrogen and oxygen atoms in total. The van der Waals surface area contributed by atoms with Gasteiger partial charge in [-0.1, -0.05) is 26.7 Å². The van der Waals surface area contributed by atoms with Gasteiger partial charge in [-0.05, 0) is 32.0 Å². The summed E-state index contributed by atoms with van der Waals surface area (Å²) in [6.45, 7) is 5.72. The number of hydrogen-bond acceptors (Lipinski definition) is 6. The quantitative estimate of drug-likeness (QED) is 0.209. The second kappa shape index (κ2) is 13.2. The van der Waals surface area contributed by atoms with Gasteiger partial charge in [0.2, 0.25) is 0 Å². The van der Waals surface area contributed by atoms with Crippen molar-refractivity contribution in [1.29, 1.82) is 0 Å². The van der Waals surface area contributed by atoms with Crippen LogP contribution in [0.2, 0.25) is 6.32 Å². The number of unbranched alkanes of at least 4 members (excludes halogenated alkanes) is 1. The Balaban J connectivity index is -0.00000200. The number of hydrogen-bond donors (Lipinski definition) is 5.